The molecule has 1 aliphatic rings. The third kappa shape index (κ3) is 3.67. The number of nitrogens with zero attached hydrogens (tertiary/aromatic N) is 4. The number of ether oxygens (including phenoxy) is 1. The summed E-state index contributed by atoms with van der Waals surface area (Å²) in [6.45, 7) is 2.95. The van der Waals surface area contributed by atoms with Gasteiger partial charge in [0.15, 0.2) is 11.8 Å². The van der Waals surface area contributed by atoms with Gasteiger partial charge >= 0.3 is 0 Å². The largest absolute Gasteiger partial charge is 0.430 e. The molecule has 0 aliphatic carbocycles. The first-order chi connectivity index (χ1) is 14.1. The topological polar surface area (TPSA) is 126 Å². The van der Waals surface area contributed by atoms with Gasteiger partial charge in [-0.3, -0.25) is 10.8 Å². The summed E-state index contributed by atoms with van der Waals surface area (Å²) in [5, 5.41) is 25.8. The van der Waals surface area contributed by atoms with Crippen molar-refractivity contribution in [3.05, 3.63) is 42.4 Å². The van der Waals surface area contributed by atoms with Crippen LogP contribution in [0.25, 0.3) is 22.2 Å². The second-order valence-electron chi connectivity index (χ2n) is 7.12. The van der Waals surface area contributed by atoms with Crippen LogP contribution in [0.1, 0.15) is 25.3 Å². The van der Waals surface area contributed by atoms with Gasteiger partial charge in [-0.15, -0.1) is 0 Å². The van der Waals surface area contributed by atoms with Gasteiger partial charge in [0.25, 0.3) is 0 Å². The average molecular weight is 387 g/mol. The van der Waals surface area contributed by atoms with Crippen LogP contribution in [0.5, 0.6) is 0 Å². The van der Waals surface area contributed by atoms with E-state index in [2.05, 4.69) is 25.9 Å². The molecule has 29 heavy (non-hydrogen) atoms. The first-order valence-corrected chi connectivity index (χ1v) is 9.46. The molecule has 1 aliphatic heterocycles. The Hall–Kier alpha value is -3.73. The molecule has 1 fully saturated rings. The Bertz CT molecular complexity index is 1130. The number of hydrogen-bond donors (Lipinski definition) is 3. The smallest absolute Gasteiger partial charge is 0.193 e. The van der Waals surface area contributed by atoms with Gasteiger partial charge in [0.05, 0.1) is 22.9 Å². The highest BCUT2D eigenvalue weighted by atomic mass is 16.5. The molecular formula is C21H21N7O. The van der Waals surface area contributed by atoms with Crippen molar-refractivity contribution in [1.82, 2.24) is 15.0 Å². The average Bonchev–Trinajstić information content (AvgIpc) is 3.18. The van der Waals surface area contributed by atoms with Crippen molar-refractivity contribution in [3.8, 4) is 17.2 Å². The Labute approximate surface area is 168 Å². The fraction of sp³-hybridized carbons (Fsp3) is 0.286. The Morgan fingerprint density at radius 3 is 3.00 bits per heavy atom. The molecule has 146 valence electrons. The molecule has 0 radical (unpaired) electrons. The zero-order valence-corrected chi connectivity index (χ0v) is 16.1. The number of aromatic nitrogens is 3. The van der Waals surface area contributed by atoms with E-state index >= 15 is 0 Å². The lowest BCUT2D eigenvalue weighted by molar-refractivity contribution is 0.416. The molecule has 3 aromatic rings. The molecular weight excluding hydrogens is 366 g/mol. The summed E-state index contributed by atoms with van der Waals surface area (Å²) >= 11 is 0. The van der Waals surface area contributed by atoms with Crippen molar-refractivity contribution in [2.24, 2.45) is 5.92 Å². The number of piperidine rings is 1. The predicted molar refractivity (Wildman–Crippen MR) is 111 cm³/mol. The fourth-order valence-electron chi connectivity index (χ4n) is 3.80. The van der Waals surface area contributed by atoms with E-state index in [9.17, 15) is 5.26 Å². The van der Waals surface area contributed by atoms with Crippen LogP contribution in [0, 0.1) is 28.1 Å². The van der Waals surface area contributed by atoms with Crippen LogP contribution in [0.15, 0.2) is 36.8 Å². The van der Waals surface area contributed by atoms with E-state index in [1.807, 2.05) is 24.4 Å². The summed E-state index contributed by atoms with van der Waals surface area (Å²) in [7, 11) is 0. The predicted octanol–water partition coefficient (Wildman–Crippen LogP) is 3.70. The Kier molecular flexibility index (Phi) is 4.96. The minimum absolute atomic E-state index is 0.0295. The molecule has 0 bridgehead atoms. The van der Waals surface area contributed by atoms with Crippen molar-refractivity contribution in [2.45, 2.75) is 19.8 Å². The molecule has 0 amide bonds. The maximum absolute atomic E-state index is 9.24. The van der Waals surface area contributed by atoms with Crippen molar-refractivity contribution in [3.63, 3.8) is 0 Å². The van der Waals surface area contributed by atoms with Crippen LogP contribution < -0.4 is 4.90 Å². The maximum atomic E-state index is 9.24. The van der Waals surface area contributed by atoms with Crippen LogP contribution >= 0.6 is 0 Å². The van der Waals surface area contributed by atoms with E-state index in [4.69, 9.17) is 15.6 Å². The molecule has 3 heterocycles. The third-order valence-corrected chi connectivity index (χ3v) is 5.11. The number of nitriles is 1. The third-order valence-electron chi connectivity index (χ3n) is 5.11. The maximum Gasteiger partial charge on any atom is 0.193 e. The number of hydrogen-bond acceptors (Lipinski definition) is 7. The molecule has 0 saturated carbocycles. The summed E-state index contributed by atoms with van der Waals surface area (Å²) < 4.78 is 5.24. The van der Waals surface area contributed by atoms with Gasteiger partial charge in [0.1, 0.15) is 17.8 Å². The minimum atomic E-state index is -0.0848. The van der Waals surface area contributed by atoms with Crippen molar-refractivity contribution >= 4 is 28.6 Å². The summed E-state index contributed by atoms with van der Waals surface area (Å²) in [5.41, 5.74) is 3.20. The summed E-state index contributed by atoms with van der Waals surface area (Å²) in [6, 6.07) is 9.65. The minimum Gasteiger partial charge on any atom is -0.430 e. The summed E-state index contributed by atoms with van der Waals surface area (Å²) in [6.07, 6.45) is 5.19. The van der Waals surface area contributed by atoms with Gasteiger partial charge in [0, 0.05) is 31.8 Å². The molecule has 3 N–H and O–H groups in total. The van der Waals surface area contributed by atoms with Crippen molar-refractivity contribution in [2.75, 3.05) is 18.0 Å². The second-order valence-corrected chi connectivity index (χ2v) is 7.12. The van der Waals surface area contributed by atoms with Gasteiger partial charge in [-0.2, -0.15) is 5.26 Å². The fourth-order valence-corrected chi connectivity index (χ4v) is 3.80. The number of H-pyrrole nitrogens is 1. The molecule has 8 heteroatoms. The molecule has 2 aromatic heterocycles. The lowest BCUT2D eigenvalue weighted by Gasteiger charge is -2.33. The number of fused-ring (bicyclic) bond motifs is 1. The van der Waals surface area contributed by atoms with E-state index in [1.54, 1.807) is 6.07 Å². The van der Waals surface area contributed by atoms with Crippen molar-refractivity contribution < 1.29 is 4.74 Å². The number of nitrogens with one attached hydrogen (secondary N) is 3. The molecule has 1 unspecified atom stereocenters. The lowest BCUT2D eigenvalue weighted by Crippen LogP contribution is -2.40. The van der Waals surface area contributed by atoms with Crippen molar-refractivity contribution in [1.29, 1.82) is 16.1 Å². The van der Waals surface area contributed by atoms with Crippen LogP contribution in [0.2, 0.25) is 0 Å². The Balaban J connectivity index is 1.73. The zero-order valence-electron chi connectivity index (χ0n) is 16.1. The first kappa shape index (κ1) is 18.6. The number of anilines is 1. The SMILES string of the molecule is CC(=N)OC(=N)C1CCCN(c2ncnc3[nH]cc(-c4cccc(C#N)c4)c23)C1. The lowest BCUT2D eigenvalue weighted by atomic mass is 9.97. The number of benzene rings is 1. The highest BCUT2D eigenvalue weighted by molar-refractivity contribution is 6.01. The molecule has 1 atom stereocenters. The van der Waals surface area contributed by atoms with Gasteiger partial charge in [-0.25, -0.2) is 9.97 Å². The first-order valence-electron chi connectivity index (χ1n) is 9.46. The molecule has 8 nitrogen and oxygen atoms in total. The van der Waals surface area contributed by atoms with Crippen LogP contribution in [0.3, 0.4) is 0 Å². The van der Waals surface area contributed by atoms with E-state index in [0.29, 0.717) is 12.1 Å². The standard InChI is InChI=1S/C21H21N7O/c1-13(23)29-19(24)16-6-3-7-28(11-16)21-18-17(10-25-20(18)26-12-27-21)15-5-2-4-14(8-15)9-22/h2,4-5,8,10,12,16,23-24H,3,6-7,11H2,1H3,(H,25,26,27). The van der Waals surface area contributed by atoms with E-state index < -0.39 is 0 Å². The molecule has 4 rings (SSSR count). The van der Waals surface area contributed by atoms with E-state index in [1.165, 1.54) is 13.3 Å². The zero-order chi connectivity index (χ0) is 20.4. The van der Waals surface area contributed by atoms with Gasteiger partial charge < -0.3 is 14.6 Å². The van der Waals surface area contributed by atoms with Gasteiger partial charge in [-0.05, 0) is 30.5 Å². The molecule has 0 spiro atoms. The van der Waals surface area contributed by atoms with Gasteiger partial charge in [0.2, 0.25) is 0 Å². The molecule has 1 saturated heterocycles. The van der Waals surface area contributed by atoms with Crippen LogP contribution in [-0.2, 0) is 4.74 Å². The van der Waals surface area contributed by atoms with E-state index in [-0.39, 0.29) is 17.7 Å². The van der Waals surface area contributed by atoms with Crippen LogP contribution in [0.4, 0.5) is 5.82 Å². The number of rotatable bonds is 3. The Morgan fingerprint density at radius 1 is 1.34 bits per heavy atom. The van der Waals surface area contributed by atoms with Crippen LogP contribution in [-0.4, -0.2) is 39.8 Å². The quantitative estimate of drug-likeness (QED) is 0.467. The Morgan fingerprint density at radius 2 is 2.21 bits per heavy atom. The van der Waals surface area contributed by atoms with E-state index in [0.717, 1.165) is 47.4 Å². The number of aromatic amines is 1. The van der Waals surface area contributed by atoms with Gasteiger partial charge in [-0.1, -0.05) is 12.1 Å². The second kappa shape index (κ2) is 7.72. The normalized spacial score (nSPS) is 16.4. The molecule has 1 aromatic carbocycles. The monoisotopic (exact) mass is 387 g/mol. The highest BCUT2D eigenvalue weighted by Crippen LogP contribution is 2.35. The summed E-state index contributed by atoms with van der Waals surface area (Å²) in [5.74, 6) is 0.876. The summed E-state index contributed by atoms with van der Waals surface area (Å²) in [4.78, 5) is 14.3. The highest BCUT2D eigenvalue weighted by Gasteiger charge is 2.28.